The quantitative estimate of drug-likeness (QED) is 0.565. The Labute approximate surface area is 129 Å². The van der Waals surface area contributed by atoms with E-state index in [9.17, 15) is 4.79 Å². The predicted octanol–water partition coefficient (Wildman–Crippen LogP) is 1.37. The number of likely N-dealkylation sites (N-methyl/N-ethyl adjacent to an activating group) is 1. The van der Waals surface area contributed by atoms with Crippen LogP contribution in [-0.2, 0) is 9.53 Å². The molecule has 0 aromatic heterocycles. The van der Waals surface area contributed by atoms with Gasteiger partial charge in [-0.3, -0.25) is 4.79 Å². The fourth-order valence-corrected chi connectivity index (χ4v) is 3.31. The van der Waals surface area contributed by atoms with Gasteiger partial charge in [-0.2, -0.15) is 0 Å². The maximum atomic E-state index is 12.0. The third-order valence-corrected chi connectivity index (χ3v) is 4.63. The molecule has 0 saturated heterocycles. The van der Waals surface area contributed by atoms with Crippen LogP contribution in [0.15, 0.2) is 0 Å². The Morgan fingerprint density at radius 3 is 2.81 bits per heavy atom. The molecule has 1 fully saturated rings. The van der Waals surface area contributed by atoms with Gasteiger partial charge in [-0.05, 0) is 58.7 Å². The van der Waals surface area contributed by atoms with Crippen LogP contribution in [0.1, 0.15) is 46.0 Å². The Bertz CT molecular complexity index is 312. The highest BCUT2D eigenvalue weighted by Crippen LogP contribution is 2.38. The summed E-state index contributed by atoms with van der Waals surface area (Å²) in [4.78, 5) is 14.3. The van der Waals surface area contributed by atoms with Gasteiger partial charge in [-0.1, -0.05) is 13.3 Å². The number of carbonyl (C=O) groups is 1. The molecule has 1 saturated carbocycles. The molecular formula is C16H33N3O2. The minimum atomic E-state index is -0.475. The SMILES string of the molecule is CCCNC1(C(N)=O)CCCC1CCN(C)CCOCC. The minimum Gasteiger partial charge on any atom is -0.380 e. The van der Waals surface area contributed by atoms with E-state index in [-0.39, 0.29) is 5.91 Å². The maximum absolute atomic E-state index is 12.0. The summed E-state index contributed by atoms with van der Waals surface area (Å²) in [6.45, 7) is 8.45. The minimum absolute atomic E-state index is 0.171. The molecule has 1 amide bonds. The zero-order valence-electron chi connectivity index (χ0n) is 14.0. The molecule has 0 aliphatic heterocycles. The van der Waals surface area contributed by atoms with Gasteiger partial charge in [0.1, 0.15) is 5.54 Å². The van der Waals surface area contributed by atoms with Crippen molar-refractivity contribution in [3.05, 3.63) is 0 Å². The summed E-state index contributed by atoms with van der Waals surface area (Å²) in [6, 6.07) is 0. The van der Waals surface area contributed by atoms with E-state index in [2.05, 4.69) is 24.2 Å². The summed E-state index contributed by atoms with van der Waals surface area (Å²) < 4.78 is 5.38. The number of rotatable bonds is 11. The Hall–Kier alpha value is -0.650. The third-order valence-electron chi connectivity index (χ3n) is 4.63. The number of ether oxygens (including phenoxy) is 1. The molecular weight excluding hydrogens is 266 g/mol. The number of amides is 1. The monoisotopic (exact) mass is 299 g/mol. The second-order valence-electron chi connectivity index (χ2n) is 6.14. The summed E-state index contributed by atoms with van der Waals surface area (Å²) in [5.74, 6) is 0.187. The van der Waals surface area contributed by atoms with Crippen LogP contribution in [0, 0.1) is 5.92 Å². The van der Waals surface area contributed by atoms with Crippen LogP contribution < -0.4 is 11.1 Å². The van der Waals surface area contributed by atoms with E-state index in [1.54, 1.807) is 0 Å². The number of hydrogen-bond donors (Lipinski definition) is 2. The molecule has 2 atom stereocenters. The zero-order chi connectivity index (χ0) is 15.7. The van der Waals surface area contributed by atoms with E-state index in [1.165, 1.54) is 0 Å². The van der Waals surface area contributed by atoms with Crippen LogP contribution in [0.4, 0.5) is 0 Å². The van der Waals surface area contributed by atoms with Crippen molar-refractivity contribution in [2.75, 3.05) is 39.9 Å². The lowest BCUT2D eigenvalue weighted by atomic mass is 9.83. The van der Waals surface area contributed by atoms with Gasteiger partial charge < -0.3 is 20.7 Å². The van der Waals surface area contributed by atoms with Crippen molar-refractivity contribution in [1.29, 1.82) is 0 Å². The molecule has 2 unspecified atom stereocenters. The van der Waals surface area contributed by atoms with Gasteiger partial charge in [-0.25, -0.2) is 0 Å². The van der Waals surface area contributed by atoms with Crippen LogP contribution in [0.2, 0.25) is 0 Å². The molecule has 0 aromatic rings. The molecule has 0 aromatic carbocycles. The first-order valence-corrected chi connectivity index (χ1v) is 8.38. The summed E-state index contributed by atoms with van der Waals surface area (Å²) in [5.41, 5.74) is 5.26. The van der Waals surface area contributed by atoms with E-state index < -0.39 is 5.54 Å². The number of primary amides is 1. The molecule has 5 nitrogen and oxygen atoms in total. The molecule has 21 heavy (non-hydrogen) atoms. The summed E-state index contributed by atoms with van der Waals surface area (Å²) in [6.07, 6.45) is 5.11. The fraction of sp³-hybridized carbons (Fsp3) is 0.938. The van der Waals surface area contributed by atoms with Crippen molar-refractivity contribution < 1.29 is 9.53 Å². The van der Waals surface area contributed by atoms with Gasteiger partial charge >= 0.3 is 0 Å². The number of nitrogens with one attached hydrogen (secondary N) is 1. The molecule has 1 aliphatic carbocycles. The first-order chi connectivity index (χ1) is 10.1. The number of nitrogens with zero attached hydrogens (tertiary/aromatic N) is 1. The van der Waals surface area contributed by atoms with Crippen LogP contribution in [0.5, 0.6) is 0 Å². The topological polar surface area (TPSA) is 67.6 Å². The molecule has 0 spiro atoms. The highest BCUT2D eigenvalue weighted by atomic mass is 16.5. The van der Waals surface area contributed by atoms with Crippen molar-refractivity contribution in [1.82, 2.24) is 10.2 Å². The molecule has 1 rings (SSSR count). The molecule has 5 heteroatoms. The van der Waals surface area contributed by atoms with Gasteiger partial charge in [0, 0.05) is 13.2 Å². The van der Waals surface area contributed by atoms with E-state index in [0.717, 1.165) is 65.0 Å². The van der Waals surface area contributed by atoms with Crippen molar-refractivity contribution in [2.45, 2.75) is 51.5 Å². The fourth-order valence-electron chi connectivity index (χ4n) is 3.31. The molecule has 0 heterocycles. The van der Waals surface area contributed by atoms with E-state index in [1.807, 2.05) is 6.92 Å². The second kappa shape index (κ2) is 9.38. The first kappa shape index (κ1) is 18.4. The van der Waals surface area contributed by atoms with Crippen LogP contribution in [-0.4, -0.2) is 56.2 Å². The average Bonchev–Trinajstić information content (AvgIpc) is 2.87. The van der Waals surface area contributed by atoms with Crippen molar-refractivity contribution in [2.24, 2.45) is 11.7 Å². The first-order valence-electron chi connectivity index (χ1n) is 8.38. The average molecular weight is 299 g/mol. The van der Waals surface area contributed by atoms with Gasteiger partial charge in [0.05, 0.1) is 6.61 Å². The van der Waals surface area contributed by atoms with Crippen LogP contribution >= 0.6 is 0 Å². The lowest BCUT2D eigenvalue weighted by Crippen LogP contribution is -2.58. The normalized spacial score (nSPS) is 25.6. The van der Waals surface area contributed by atoms with Crippen LogP contribution in [0.3, 0.4) is 0 Å². The predicted molar refractivity (Wildman–Crippen MR) is 86.2 cm³/mol. The highest BCUT2D eigenvalue weighted by molar-refractivity contribution is 5.85. The zero-order valence-corrected chi connectivity index (χ0v) is 14.0. The smallest absolute Gasteiger partial charge is 0.238 e. The van der Waals surface area contributed by atoms with Gasteiger partial charge in [0.2, 0.25) is 5.91 Å². The van der Waals surface area contributed by atoms with E-state index >= 15 is 0 Å². The molecule has 0 bridgehead atoms. The lowest BCUT2D eigenvalue weighted by Gasteiger charge is -2.34. The molecule has 3 N–H and O–H groups in total. The Kier molecular flexibility index (Phi) is 8.22. The summed E-state index contributed by atoms with van der Waals surface area (Å²) >= 11 is 0. The van der Waals surface area contributed by atoms with Gasteiger partial charge in [0.15, 0.2) is 0 Å². The second-order valence-corrected chi connectivity index (χ2v) is 6.14. The molecule has 0 radical (unpaired) electrons. The molecule has 124 valence electrons. The van der Waals surface area contributed by atoms with E-state index in [4.69, 9.17) is 10.5 Å². The van der Waals surface area contributed by atoms with E-state index in [0.29, 0.717) is 5.92 Å². The largest absolute Gasteiger partial charge is 0.380 e. The maximum Gasteiger partial charge on any atom is 0.238 e. The number of hydrogen-bond acceptors (Lipinski definition) is 4. The Balaban J connectivity index is 2.49. The van der Waals surface area contributed by atoms with Crippen LogP contribution in [0.25, 0.3) is 0 Å². The van der Waals surface area contributed by atoms with Gasteiger partial charge in [-0.15, -0.1) is 0 Å². The Morgan fingerprint density at radius 1 is 1.43 bits per heavy atom. The van der Waals surface area contributed by atoms with Crippen molar-refractivity contribution in [3.63, 3.8) is 0 Å². The lowest BCUT2D eigenvalue weighted by molar-refractivity contribution is -0.126. The number of nitrogens with two attached hydrogens (primary N) is 1. The number of carbonyl (C=O) groups excluding carboxylic acids is 1. The Morgan fingerprint density at radius 2 is 2.19 bits per heavy atom. The summed E-state index contributed by atoms with van der Waals surface area (Å²) in [7, 11) is 2.11. The van der Waals surface area contributed by atoms with Crippen molar-refractivity contribution >= 4 is 5.91 Å². The van der Waals surface area contributed by atoms with Gasteiger partial charge in [0.25, 0.3) is 0 Å². The third kappa shape index (κ3) is 5.24. The molecule has 1 aliphatic rings. The van der Waals surface area contributed by atoms with Crippen molar-refractivity contribution in [3.8, 4) is 0 Å². The highest BCUT2D eigenvalue weighted by Gasteiger charge is 2.46. The summed E-state index contributed by atoms with van der Waals surface area (Å²) in [5, 5.41) is 3.45. The standard InChI is InChI=1S/C16H33N3O2/c1-4-10-18-16(15(17)20)9-6-7-14(16)8-11-19(3)12-13-21-5-2/h14,18H,4-13H2,1-3H3,(H2,17,20).